The third kappa shape index (κ3) is 5.63. The number of benzene rings is 1. The Hall–Kier alpha value is -2.39. The molecule has 1 aliphatic heterocycles. The Morgan fingerprint density at radius 1 is 1.29 bits per heavy atom. The third-order valence-electron chi connectivity index (χ3n) is 5.58. The molecule has 0 aliphatic carbocycles. The summed E-state index contributed by atoms with van der Waals surface area (Å²) >= 11 is 12.9. The van der Waals surface area contributed by atoms with Gasteiger partial charge in [-0.3, -0.25) is 4.79 Å². The summed E-state index contributed by atoms with van der Waals surface area (Å²) < 4.78 is 13.9. The maximum Gasteiger partial charge on any atom is 0.305 e. The molecular formula is C24H28Cl2N4O4. The molecule has 0 amide bonds. The summed E-state index contributed by atoms with van der Waals surface area (Å²) in [6.45, 7) is 7.21. The highest BCUT2D eigenvalue weighted by molar-refractivity contribution is 6.45. The number of hydrogen-bond acceptors (Lipinski definition) is 6. The summed E-state index contributed by atoms with van der Waals surface area (Å²) in [6, 6.07) is 5.62. The summed E-state index contributed by atoms with van der Waals surface area (Å²) in [7, 11) is 0. The van der Waals surface area contributed by atoms with Gasteiger partial charge in [0.1, 0.15) is 5.82 Å². The van der Waals surface area contributed by atoms with Crippen LogP contribution in [0, 0.1) is 0 Å². The molecule has 1 aliphatic rings. The third-order valence-corrected chi connectivity index (χ3v) is 6.38. The largest absolute Gasteiger partial charge is 0.481 e. The average molecular weight is 507 g/mol. The number of halogens is 2. The Balaban J connectivity index is 1.72. The van der Waals surface area contributed by atoms with Gasteiger partial charge in [-0.05, 0) is 39.3 Å². The minimum atomic E-state index is -0.884. The molecule has 8 nitrogen and oxygen atoms in total. The number of rotatable bonds is 8. The van der Waals surface area contributed by atoms with E-state index in [1.807, 2.05) is 43.7 Å². The summed E-state index contributed by atoms with van der Waals surface area (Å²) in [4.78, 5) is 22.1. The van der Waals surface area contributed by atoms with E-state index in [0.29, 0.717) is 34.5 Å². The van der Waals surface area contributed by atoms with Crippen LogP contribution in [-0.2, 0) is 14.3 Å². The van der Waals surface area contributed by atoms with Crippen LogP contribution in [0.1, 0.15) is 33.6 Å². The second-order valence-electron chi connectivity index (χ2n) is 9.34. The van der Waals surface area contributed by atoms with Gasteiger partial charge < -0.3 is 24.0 Å². The van der Waals surface area contributed by atoms with Crippen LogP contribution >= 0.6 is 23.2 Å². The number of hydrogen-bond donors (Lipinski definition) is 1. The van der Waals surface area contributed by atoms with E-state index in [2.05, 4.69) is 9.88 Å². The molecule has 1 N–H and O–H groups in total. The molecule has 34 heavy (non-hydrogen) atoms. The minimum Gasteiger partial charge on any atom is -0.481 e. The first-order chi connectivity index (χ1) is 16.1. The van der Waals surface area contributed by atoms with Crippen molar-refractivity contribution in [2.75, 3.05) is 24.7 Å². The molecule has 1 aromatic carbocycles. The van der Waals surface area contributed by atoms with Crippen LogP contribution < -0.4 is 4.90 Å². The van der Waals surface area contributed by atoms with Gasteiger partial charge in [0.15, 0.2) is 0 Å². The molecule has 0 spiro atoms. The van der Waals surface area contributed by atoms with Crippen LogP contribution in [0.2, 0.25) is 10.0 Å². The van der Waals surface area contributed by atoms with E-state index in [0.717, 1.165) is 17.5 Å². The number of nitrogens with zero attached hydrogens (tertiary/aromatic N) is 4. The van der Waals surface area contributed by atoms with Crippen molar-refractivity contribution in [2.24, 2.45) is 0 Å². The van der Waals surface area contributed by atoms with Gasteiger partial charge in [-0.2, -0.15) is 0 Å². The Bertz CT molecular complexity index is 1160. The first-order valence-corrected chi connectivity index (χ1v) is 11.9. The standard InChI is InChI=1S/C24H28Cl2N4O4/c1-24(2,3)34-16-10-15(13-33-9-6-21(31)32)30(12-16)20-11-19(29-8-7-27-14-29)17-4-5-18(25)22(26)23(17)28-20/h4-5,7-8,11,14-16H,6,9-10,12-13H2,1-3H3,(H,31,32)/t15-,16+/m0/s1. The maximum absolute atomic E-state index is 10.9. The molecule has 2 aromatic heterocycles. The SMILES string of the molecule is CC(C)(C)O[C@@H]1C[C@@H](COCCC(=O)O)N(c2cc(-n3ccnc3)c3ccc(Cl)c(Cl)c3n2)C1. The Kier molecular flexibility index (Phi) is 7.33. The number of carboxylic acids is 1. The zero-order chi connectivity index (χ0) is 24.5. The van der Waals surface area contributed by atoms with Crippen molar-refractivity contribution >= 4 is 45.9 Å². The molecule has 0 radical (unpaired) electrons. The van der Waals surface area contributed by atoms with Crippen molar-refractivity contribution in [3.05, 3.63) is 47.0 Å². The van der Waals surface area contributed by atoms with Crippen molar-refractivity contribution in [3.8, 4) is 5.69 Å². The lowest BCUT2D eigenvalue weighted by atomic mass is 10.1. The smallest absolute Gasteiger partial charge is 0.305 e. The second kappa shape index (κ2) is 10.1. The Labute approximate surface area is 208 Å². The Morgan fingerprint density at radius 2 is 2.09 bits per heavy atom. The molecule has 1 saturated heterocycles. The molecular weight excluding hydrogens is 479 g/mol. The number of aliphatic carboxylic acids is 1. The number of carbonyl (C=O) groups is 1. The van der Waals surface area contributed by atoms with Crippen LogP contribution in [0.3, 0.4) is 0 Å². The van der Waals surface area contributed by atoms with E-state index in [4.69, 9.17) is 42.8 Å². The highest BCUT2D eigenvalue weighted by atomic mass is 35.5. The van der Waals surface area contributed by atoms with Crippen LogP contribution in [-0.4, -0.2) is 63.1 Å². The fourth-order valence-corrected chi connectivity index (χ4v) is 4.60. The number of pyridine rings is 1. The van der Waals surface area contributed by atoms with E-state index in [1.54, 1.807) is 18.6 Å². The van der Waals surface area contributed by atoms with Gasteiger partial charge in [-0.15, -0.1) is 0 Å². The predicted octanol–water partition coefficient (Wildman–Crippen LogP) is 4.98. The predicted molar refractivity (Wildman–Crippen MR) is 132 cm³/mol. The maximum atomic E-state index is 10.9. The molecule has 4 rings (SSSR count). The van der Waals surface area contributed by atoms with Crippen LogP contribution in [0.15, 0.2) is 36.9 Å². The monoisotopic (exact) mass is 506 g/mol. The molecule has 1 fully saturated rings. The highest BCUT2D eigenvalue weighted by Crippen LogP contribution is 2.37. The molecule has 10 heteroatoms. The van der Waals surface area contributed by atoms with E-state index in [-0.39, 0.29) is 30.8 Å². The molecule has 0 unspecified atom stereocenters. The number of imidazole rings is 1. The molecule has 3 aromatic rings. The number of ether oxygens (including phenoxy) is 2. The average Bonchev–Trinajstić information content (AvgIpc) is 3.42. The van der Waals surface area contributed by atoms with Gasteiger partial charge in [-0.1, -0.05) is 23.2 Å². The summed E-state index contributed by atoms with van der Waals surface area (Å²) in [5.74, 6) is -0.169. The lowest BCUT2D eigenvalue weighted by molar-refractivity contribution is -0.138. The van der Waals surface area contributed by atoms with Gasteiger partial charge >= 0.3 is 5.97 Å². The number of fused-ring (bicyclic) bond motifs is 1. The fraction of sp³-hybridized carbons (Fsp3) is 0.458. The second-order valence-corrected chi connectivity index (χ2v) is 10.1. The van der Waals surface area contributed by atoms with Crippen molar-refractivity contribution in [1.29, 1.82) is 0 Å². The van der Waals surface area contributed by atoms with Gasteiger partial charge in [-0.25, -0.2) is 9.97 Å². The summed E-state index contributed by atoms with van der Waals surface area (Å²) in [5, 5.41) is 10.6. The van der Waals surface area contributed by atoms with E-state index in [1.165, 1.54) is 0 Å². The van der Waals surface area contributed by atoms with Crippen LogP contribution in [0.25, 0.3) is 16.6 Å². The summed E-state index contributed by atoms with van der Waals surface area (Å²) in [5.41, 5.74) is 1.17. The first-order valence-electron chi connectivity index (χ1n) is 11.1. The van der Waals surface area contributed by atoms with Gasteiger partial charge in [0.2, 0.25) is 0 Å². The highest BCUT2D eigenvalue weighted by Gasteiger charge is 2.36. The molecule has 182 valence electrons. The Morgan fingerprint density at radius 3 is 2.76 bits per heavy atom. The van der Waals surface area contributed by atoms with E-state index >= 15 is 0 Å². The number of anilines is 1. The first kappa shape index (κ1) is 24.7. The molecule has 0 saturated carbocycles. The van der Waals surface area contributed by atoms with Crippen molar-refractivity contribution < 1.29 is 19.4 Å². The van der Waals surface area contributed by atoms with Crippen molar-refractivity contribution in [2.45, 2.75) is 51.4 Å². The zero-order valence-corrected chi connectivity index (χ0v) is 20.9. The van der Waals surface area contributed by atoms with Crippen LogP contribution in [0.4, 0.5) is 5.82 Å². The quantitative estimate of drug-likeness (QED) is 0.430. The van der Waals surface area contributed by atoms with E-state index in [9.17, 15) is 4.79 Å². The zero-order valence-electron chi connectivity index (χ0n) is 19.4. The van der Waals surface area contributed by atoms with Crippen molar-refractivity contribution in [1.82, 2.24) is 14.5 Å². The van der Waals surface area contributed by atoms with Crippen LogP contribution in [0.5, 0.6) is 0 Å². The van der Waals surface area contributed by atoms with Gasteiger partial charge in [0.05, 0.1) is 65.0 Å². The van der Waals surface area contributed by atoms with Gasteiger partial charge in [0.25, 0.3) is 0 Å². The van der Waals surface area contributed by atoms with Crippen molar-refractivity contribution in [3.63, 3.8) is 0 Å². The van der Waals surface area contributed by atoms with E-state index < -0.39 is 5.97 Å². The lowest BCUT2D eigenvalue weighted by Crippen LogP contribution is -2.35. The normalized spacial score (nSPS) is 18.7. The molecule has 0 bridgehead atoms. The molecule has 2 atom stereocenters. The lowest BCUT2D eigenvalue weighted by Gasteiger charge is -2.27. The van der Waals surface area contributed by atoms with Gasteiger partial charge in [0, 0.05) is 30.4 Å². The number of carboxylic acid groups (broad SMARTS) is 1. The summed E-state index contributed by atoms with van der Waals surface area (Å²) in [6.07, 6.45) is 5.96. The topological polar surface area (TPSA) is 89.7 Å². The molecule has 3 heterocycles. The minimum absolute atomic E-state index is 0.0305. The number of aromatic nitrogens is 3. The fourth-order valence-electron chi connectivity index (χ4n) is 4.24.